The lowest BCUT2D eigenvalue weighted by Crippen LogP contribution is -2.24. The van der Waals surface area contributed by atoms with Crippen molar-refractivity contribution in [1.29, 1.82) is 0 Å². The van der Waals surface area contributed by atoms with E-state index in [4.69, 9.17) is 4.74 Å². The Bertz CT molecular complexity index is 897. The van der Waals surface area contributed by atoms with Crippen LogP contribution < -0.4 is 4.74 Å². The van der Waals surface area contributed by atoms with Gasteiger partial charge in [-0.05, 0) is 41.9 Å². The highest BCUT2D eigenvalue weighted by Crippen LogP contribution is 2.27. The molecule has 0 N–H and O–H groups in total. The quantitative estimate of drug-likeness (QED) is 0.346. The van der Waals surface area contributed by atoms with Crippen molar-refractivity contribution in [3.63, 3.8) is 0 Å². The zero-order chi connectivity index (χ0) is 19.2. The van der Waals surface area contributed by atoms with Crippen molar-refractivity contribution in [2.75, 3.05) is 5.75 Å². The molecule has 3 rings (SSSR count). The van der Waals surface area contributed by atoms with Crippen molar-refractivity contribution in [3.8, 4) is 16.9 Å². The van der Waals surface area contributed by atoms with Gasteiger partial charge in [0.05, 0.1) is 0 Å². The number of esters is 1. The summed E-state index contributed by atoms with van der Waals surface area (Å²) in [7, 11) is 0. The van der Waals surface area contributed by atoms with Gasteiger partial charge in [0, 0.05) is 11.1 Å². The first-order valence-electron chi connectivity index (χ1n) is 8.52. The van der Waals surface area contributed by atoms with E-state index in [2.05, 4.69) is 0 Å². The average molecular weight is 382 g/mol. The van der Waals surface area contributed by atoms with E-state index in [-0.39, 0.29) is 16.8 Å². The molecule has 3 nitrogen and oxygen atoms in total. The zero-order valence-electron chi connectivity index (χ0n) is 14.8. The van der Waals surface area contributed by atoms with Gasteiger partial charge in [-0.25, -0.2) is 9.18 Å². The van der Waals surface area contributed by atoms with Gasteiger partial charge in [-0.1, -0.05) is 60.7 Å². The zero-order valence-corrected chi connectivity index (χ0v) is 15.6. The van der Waals surface area contributed by atoms with Crippen LogP contribution in [0.1, 0.15) is 17.7 Å². The Morgan fingerprint density at radius 1 is 1.00 bits per heavy atom. The number of rotatable bonds is 6. The van der Waals surface area contributed by atoms with Crippen molar-refractivity contribution < 1.29 is 18.5 Å². The third-order valence-corrected chi connectivity index (χ3v) is 5.78. The van der Waals surface area contributed by atoms with Crippen LogP contribution in [0.15, 0.2) is 78.9 Å². The van der Waals surface area contributed by atoms with Crippen molar-refractivity contribution in [2.45, 2.75) is 12.2 Å². The minimum absolute atomic E-state index is 0.189. The van der Waals surface area contributed by atoms with Crippen LogP contribution >= 0.6 is 0 Å². The predicted octanol–water partition coefficient (Wildman–Crippen LogP) is 4.91. The topological polar surface area (TPSA) is 49.4 Å². The monoisotopic (exact) mass is 382 g/mol. The Morgan fingerprint density at radius 3 is 2.30 bits per heavy atom. The van der Waals surface area contributed by atoms with Crippen LogP contribution in [0.5, 0.6) is 5.75 Å². The van der Waals surface area contributed by atoms with Crippen molar-refractivity contribution in [2.24, 2.45) is 0 Å². The fourth-order valence-corrected chi connectivity index (χ4v) is 3.67. The van der Waals surface area contributed by atoms with E-state index in [9.17, 15) is 13.7 Å². The smallest absolute Gasteiger partial charge is 0.361 e. The van der Waals surface area contributed by atoms with E-state index in [1.165, 1.54) is 6.07 Å². The van der Waals surface area contributed by atoms with Crippen molar-refractivity contribution in [1.82, 2.24) is 0 Å². The first kappa shape index (κ1) is 19.1. The number of carbonyl (C=O) groups excluding carboxylic acids is 1. The number of hydrogen-bond acceptors (Lipinski definition) is 3. The lowest BCUT2D eigenvalue weighted by molar-refractivity contribution is -0.131. The average Bonchev–Trinajstić information content (AvgIpc) is 2.68. The van der Waals surface area contributed by atoms with Crippen LogP contribution in [-0.2, 0) is 16.0 Å². The van der Waals surface area contributed by atoms with Crippen LogP contribution in [-0.4, -0.2) is 16.3 Å². The second-order valence-corrected chi connectivity index (χ2v) is 7.81. The molecule has 0 aliphatic rings. The number of halogens is 1. The summed E-state index contributed by atoms with van der Waals surface area (Å²) in [5, 5.41) is -0.344. The summed E-state index contributed by atoms with van der Waals surface area (Å²) in [5.41, 5.74) is 2.09. The van der Waals surface area contributed by atoms with Gasteiger partial charge in [-0.15, -0.1) is 0 Å². The molecule has 0 heterocycles. The van der Waals surface area contributed by atoms with Gasteiger partial charge in [0.2, 0.25) is 5.75 Å². The molecule has 5 heteroatoms. The van der Waals surface area contributed by atoms with Gasteiger partial charge in [-0.2, -0.15) is 0 Å². The van der Waals surface area contributed by atoms with E-state index in [1.54, 1.807) is 61.5 Å². The highest BCUT2D eigenvalue weighted by molar-refractivity contribution is 7.92. The van der Waals surface area contributed by atoms with Crippen LogP contribution in [0.4, 0.5) is 4.39 Å². The van der Waals surface area contributed by atoms with Gasteiger partial charge >= 0.3 is 5.97 Å². The molecule has 2 unspecified atom stereocenters. The third-order valence-electron chi connectivity index (χ3n) is 4.19. The maximum Gasteiger partial charge on any atom is 0.361 e. The fraction of sp³-hybridized carbons (Fsp3) is 0.136. The van der Waals surface area contributed by atoms with Crippen molar-refractivity contribution >= 4 is 17.1 Å². The minimum Gasteiger partial charge on any atom is -0.615 e. The molecule has 0 aromatic heterocycles. The van der Waals surface area contributed by atoms with E-state index in [1.807, 2.05) is 18.2 Å². The molecule has 0 spiro atoms. The molecule has 0 aliphatic heterocycles. The van der Waals surface area contributed by atoms with E-state index in [0.717, 1.165) is 11.1 Å². The molecule has 0 saturated carbocycles. The fourth-order valence-electron chi connectivity index (χ4n) is 2.67. The molecule has 0 bridgehead atoms. The summed E-state index contributed by atoms with van der Waals surface area (Å²) in [6.07, 6.45) is 0. The first-order chi connectivity index (χ1) is 13.0. The van der Waals surface area contributed by atoms with Crippen LogP contribution in [0.2, 0.25) is 0 Å². The highest BCUT2D eigenvalue weighted by atomic mass is 32.2. The van der Waals surface area contributed by atoms with Crippen molar-refractivity contribution in [3.05, 3.63) is 90.2 Å². The molecule has 2 atom stereocenters. The maximum atomic E-state index is 13.9. The SMILES string of the molecule is CC(c1ccc(-c2ccccc2F)cc1)[S+]([O-])CC(=O)Oc1ccccc1. The molecular weight excluding hydrogens is 363 g/mol. The van der Waals surface area contributed by atoms with Crippen LogP contribution in [0, 0.1) is 5.82 Å². The standard InChI is InChI=1S/C22H19FO3S/c1-16(27(25)15-22(24)26-19-7-3-2-4-8-19)17-11-13-18(14-12-17)20-9-5-6-10-21(20)23/h2-14,16H,15H2,1H3. The Balaban J connectivity index is 1.63. The highest BCUT2D eigenvalue weighted by Gasteiger charge is 2.24. The van der Waals surface area contributed by atoms with Gasteiger partial charge in [-0.3, -0.25) is 0 Å². The summed E-state index contributed by atoms with van der Waals surface area (Å²) in [4.78, 5) is 12.0. The molecular formula is C22H19FO3S. The second-order valence-electron chi connectivity index (χ2n) is 6.06. The molecule has 3 aromatic carbocycles. The summed E-state index contributed by atoms with van der Waals surface area (Å²) < 4.78 is 31.6. The number of benzene rings is 3. The lowest BCUT2D eigenvalue weighted by atomic mass is 10.0. The summed E-state index contributed by atoms with van der Waals surface area (Å²) in [5.74, 6) is -0.577. The maximum absolute atomic E-state index is 13.9. The molecule has 0 radical (unpaired) electrons. The summed E-state index contributed by atoms with van der Waals surface area (Å²) in [6, 6.07) is 22.5. The van der Waals surface area contributed by atoms with E-state index >= 15 is 0 Å². The molecule has 27 heavy (non-hydrogen) atoms. The van der Waals surface area contributed by atoms with Crippen LogP contribution in [0.25, 0.3) is 11.1 Å². The number of carbonyl (C=O) groups is 1. The molecule has 3 aromatic rings. The Labute approximate surface area is 161 Å². The van der Waals surface area contributed by atoms with Gasteiger partial charge in [0.15, 0.2) is 0 Å². The van der Waals surface area contributed by atoms with E-state index in [0.29, 0.717) is 11.3 Å². The summed E-state index contributed by atoms with van der Waals surface area (Å²) >= 11 is -1.42. The summed E-state index contributed by atoms with van der Waals surface area (Å²) in [6.45, 7) is 1.80. The van der Waals surface area contributed by atoms with Crippen LogP contribution in [0.3, 0.4) is 0 Å². The number of ether oxygens (including phenoxy) is 1. The van der Waals surface area contributed by atoms with Gasteiger partial charge in [0.25, 0.3) is 0 Å². The Kier molecular flexibility index (Phi) is 6.27. The largest absolute Gasteiger partial charge is 0.615 e. The van der Waals surface area contributed by atoms with Gasteiger partial charge < -0.3 is 9.29 Å². The number of hydrogen-bond donors (Lipinski definition) is 0. The first-order valence-corrected chi connectivity index (χ1v) is 9.90. The van der Waals surface area contributed by atoms with E-state index < -0.39 is 17.1 Å². The molecule has 0 fully saturated rings. The molecule has 0 aliphatic carbocycles. The molecule has 0 amide bonds. The lowest BCUT2D eigenvalue weighted by Gasteiger charge is -2.18. The third kappa shape index (κ3) is 4.96. The minimum atomic E-state index is -1.42. The molecule has 138 valence electrons. The second kappa shape index (κ2) is 8.84. The normalized spacial score (nSPS) is 13.0. The number of para-hydroxylation sites is 1. The molecule has 0 saturated heterocycles. The Hall–Kier alpha value is -2.63. The van der Waals surface area contributed by atoms with Gasteiger partial charge in [0.1, 0.15) is 16.8 Å². The predicted molar refractivity (Wildman–Crippen MR) is 105 cm³/mol. The Morgan fingerprint density at radius 2 is 1.63 bits per heavy atom.